The smallest absolute Gasteiger partial charge is 0.143 e. The summed E-state index contributed by atoms with van der Waals surface area (Å²) in [5, 5.41) is 7.13. The fourth-order valence-electron chi connectivity index (χ4n) is 7.40. The maximum absolute atomic E-state index is 6.44. The number of rotatable bonds is 5. The van der Waals surface area contributed by atoms with Crippen molar-refractivity contribution in [1.29, 1.82) is 0 Å². The maximum atomic E-state index is 6.44. The van der Waals surface area contributed by atoms with Gasteiger partial charge in [-0.25, -0.2) is 0 Å². The average Bonchev–Trinajstić information content (AvgIpc) is 3.75. The van der Waals surface area contributed by atoms with Crippen molar-refractivity contribution in [2.75, 3.05) is 4.90 Å². The number of para-hydroxylation sites is 1. The molecule has 2 nitrogen and oxygen atoms in total. The summed E-state index contributed by atoms with van der Waals surface area (Å²) >= 11 is 1.85. The molecule has 0 N–H and O–H groups in total. The Kier molecular flexibility index (Phi) is 6.39. The minimum Gasteiger partial charge on any atom is -0.455 e. The van der Waals surface area contributed by atoms with Gasteiger partial charge in [0.05, 0.1) is 5.69 Å². The Balaban J connectivity index is 1.21. The van der Waals surface area contributed by atoms with Gasteiger partial charge in [-0.05, 0) is 82.2 Å². The lowest BCUT2D eigenvalue weighted by Gasteiger charge is -2.27. The zero-order chi connectivity index (χ0) is 32.3. The Morgan fingerprint density at radius 3 is 1.92 bits per heavy atom. The predicted molar refractivity (Wildman–Crippen MR) is 210 cm³/mol. The first kappa shape index (κ1) is 27.9. The molecule has 2 heterocycles. The highest BCUT2D eigenvalue weighted by atomic mass is 32.1. The molecule has 49 heavy (non-hydrogen) atoms. The molecule has 8 aromatic carbocycles. The molecular weight excluding hydrogens is 615 g/mol. The maximum Gasteiger partial charge on any atom is 0.143 e. The molecule has 0 unspecified atom stereocenters. The minimum atomic E-state index is 0.912. The second-order valence-electron chi connectivity index (χ2n) is 12.5. The quantitative estimate of drug-likeness (QED) is 0.186. The van der Waals surface area contributed by atoms with Crippen LogP contribution < -0.4 is 4.90 Å². The van der Waals surface area contributed by atoms with Crippen molar-refractivity contribution in [2.45, 2.75) is 0 Å². The van der Waals surface area contributed by atoms with Gasteiger partial charge in [-0.2, -0.15) is 0 Å². The second kappa shape index (κ2) is 11.2. The summed E-state index contributed by atoms with van der Waals surface area (Å²) in [6, 6.07) is 63.3. The minimum absolute atomic E-state index is 0.912. The molecule has 10 rings (SSSR count). The standard InChI is InChI=1S/C46H29NOS/c1-2-12-30(13-3-1)31-24-26-33(27-25-31)47(41-20-11-23-44-45(41)38-19-7-9-22-43(38)49-44)34-15-10-14-32(28-34)39-29-40-36-17-6-8-21-42(36)48-46(40)37-18-5-4-16-35(37)39/h1-29H. The van der Waals surface area contributed by atoms with Crippen LogP contribution in [0.2, 0.25) is 0 Å². The zero-order valence-corrected chi connectivity index (χ0v) is 27.3. The van der Waals surface area contributed by atoms with Crippen LogP contribution in [-0.2, 0) is 0 Å². The SMILES string of the molecule is c1ccc(-c2ccc(N(c3cccc(-c4cc5c6ccccc6oc5c5ccccc45)c3)c3cccc4sc5ccccc5c34)cc2)cc1. The first-order valence-electron chi connectivity index (χ1n) is 16.6. The van der Waals surface area contributed by atoms with E-state index in [-0.39, 0.29) is 0 Å². The number of hydrogen-bond acceptors (Lipinski definition) is 3. The van der Waals surface area contributed by atoms with Gasteiger partial charge in [-0.15, -0.1) is 11.3 Å². The summed E-state index contributed by atoms with van der Waals surface area (Å²) in [6.45, 7) is 0. The fraction of sp³-hybridized carbons (Fsp3) is 0. The van der Waals surface area contributed by atoms with Gasteiger partial charge in [-0.3, -0.25) is 0 Å². The molecular formula is C46H29NOS. The largest absolute Gasteiger partial charge is 0.455 e. The molecule has 0 aliphatic heterocycles. The first-order valence-corrected chi connectivity index (χ1v) is 17.4. The topological polar surface area (TPSA) is 16.4 Å². The number of anilines is 3. The summed E-state index contributed by atoms with van der Waals surface area (Å²) in [5.74, 6) is 0. The third-order valence-corrected chi connectivity index (χ3v) is 10.8. The molecule has 2 aromatic heterocycles. The molecule has 0 saturated carbocycles. The molecule has 0 fully saturated rings. The van der Waals surface area contributed by atoms with Gasteiger partial charge in [0.25, 0.3) is 0 Å². The third kappa shape index (κ3) is 4.55. The molecule has 0 amide bonds. The van der Waals surface area contributed by atoms with Crippen LogP contribution in [0, 0.1) is 0 Å². The van der Waals surface area contributed by atoms with Crippen molar-refractivity contribution < 1.29 is 4.42 Å². The van der Waals surface area contributed by atoms with Crippen molar-refractivity contribution >= 4 is 81.3 Å². The van der Waals surface area contributed by atoms with E-state index in [4.69, 9.17) is 4.42 Å². The van der Waals surface area contributed by atoms with E-state index in [1.165, 1.54) is 47.9 Å². The van der Waals surface area contributed by atoms with E-state index in [1.807, 2.05) is 17.4 Å². The third-order valence-electron chi connectivity index (χ3n) is 9.65. The van der Waals surface area contributed by atoms with E-state index < -0.39 is 0 Å². The lowest BCUT2D eigenvalue weighted by atomic mass is 9.95. The van der Waals surface area contributed by atoms with Crippen LogP contribution in [0.1, 0.15) is 0 Å². The van der Waals surface area contributed by atoms with Crippen molar-refractivity contribution in [3.05, 3.63) is 176 Å². The van der Waals surface area contributed by atoms with Crippen LogP contribution >= 0.6 is 11.3 Å². The van der Waals surface area contributed by atoms with E-state index >= 15 is 0 Å². The molecule has 0 saturated heterocycles. The monoisotopic (exact) mass is 643 g/mol. The van der Waals surface area contributed by atoms with Crippen molar-refractivity contribution in [3.8, 4) is 22.3 Å². The summed E-state index contributed by atoms with van der Waals surface area (Å²) in [4.78, 5) is 2.42. The van der Waals surface area contributed by atoms with Crippen molar-refractivity contribution in [3.63, 3.8) is 0 Å². The van der Waals surface area contributed by atoms with Gasteiger partial charge >= 0.3 is 0 Å². The van der Waals surface area contributed by atoms with Crippen molar-refractivity contribution in [1.82, 2.24) is 0 Å². The molecule has 0 spiro atoms. The summed E-state index contributed by atoms with van der Waals surface area (Å²) in [5.41, 5.74) is 9.99. The van der Waals surface area contributed by atoms with Crippen LogP contribution in [0.15, 0.2) is 180 Å². The lowest BCUT2D eigenvalue weighted by Crippen LogP contribution is -2.10. The van der Waals surface area contributed by atoms with Crippen LogP contribution in [-0.4, -0.2) is 0 Å². The number of benzene rings is 8. The number of nitrogens with zero attached hydrogens (tertiary/aromatic N) is 1. The molecule has 0 radical (unpaired) electrons. The highest BCUT2D eigenvalue weighted by Crippen LogP contribution is 2.46. The number of fused-ring (bicyclic) bond motifs is 8. The fourth-order valence-corrected chi connectivity index (χ4v) is 8.53. The Labute approximate surface area is 287 Å². The van der Waals surface area contributed by atoms with Gasteiger partial charge < -0.3 is 9.32 Å². The van der Waals surface area contributed by atoms with Gasteiger partial charge in [0.15, 0.2) is 0 Å². The highest BCUT2D eigenvalue weighted by Gasteiger charge is 2.20. The summed E-state index contributed by atoms with van der Waals surface area (Å²) in [6.07, 6.45) is 0. The zero-order valence-electron chi connectivity index (χ0n) is 26.5. The number of hydrogen-bond donors (Lipinski definition) is 0. The highest BCUT2D eigenvalue weighted by molar-refractivity contribution is 7.26. The first-order chi connectivity index (χ1) is 24.3. The lowest BCUT2D eigenvalue weighted by molar-refractivity contribution is 0.672. The molecule has 3 heteroatoms. The molecule has 0 aliphatic carbocycles. The van der Waals surface area contributed by atoms with Crippen LogP contribution in [0.3, 0.4) is 0 Å². The van der Waals surface area contributed by atoms with Gasteiger partial charge in [-0.1, -0.05) is 121 Å². The number of furan rings is 1. The summed E-state index contributed by atoms with van der Waals surface area (Å²) in [7, 11) is 0. The van der Waals surface area contributed by atoms with E-state index in [1.54, 1.807) is 0 Å². The molecule has 0 atom stereocenters. The van der Waals surface area contributed by atoms with E-state index in [0.717, 1.165) is 44.3 Å². The molecule has 10 aromatic rings. The van der Waals surface area contributed by atoms with Crippen LogP contribution in [0.5, 0.6) is 0 Å². The van der Waals surface area contributed by atoms with Crippen molar-refractivity contribution in [2.24, 2.45) is 0 Å². The number of thiophene rings is 1. The van der Waals surface area contributed by atoms with Crippen LogP contribution in [0.25, 0.3) is 75.1 Å². The van der Waals surface area contributed by atoms with Crippen LogP contribution in [0.4, 0.5) is 17.1 Å². The Hall–Kier alpha value is -6.16. The van der Waals surface area contributed by atoms with E-state index in [0.29, 0.717) is 0 Å². The summed E-state index contributed by atoms with van der Waals surface area (Å²) < 4.78 is 9.01. The normalized spacial score (nSPS) is 11.7. The van der Waals surface area contributed by atoms with Gasteiger partial charge in [0, 0.05) is 47.7 Å². The van der Waals surface area contributed by atoms with Gasteiger partial charge in [0.2, 0.25) is 0 Å². The van der Waals surface area contributed by atoms with Gasteiger partial charge in [0.1, 0.15) is 11.2 Å². The molecule has 0 bridgehead atoms. The average molecular weight is 644 g/mol. The second-order valence-corrected chi connectivity index (χ2v) is 13.6. The predicted octanol–water partition coefficient (Wildman–Crippen LogP) is 13.9. The van der Waals surface area contributed by atoms with E-state index in [9.17, 15) is 0 Å². The Morgan fingerprint density at radius 2 is 1.06 bits per heavy atom. The molecule has 0 aliphatic rings. The Bertz CT molecular complexity index is 2830. The Morgan fingerprint density at radius 1 is 0.408 bits per heavy atom. The molecule has 230 valence electrons. The van der Waals surface area contributed by atoms with E-state index in [2.05, 4.69) is 175 Å².